The lowest BCUT2D eigenvalue weighted by Gasteiger charge is -2.32. The Labute approximate surface area is 112 Å². The van der Waals surface area contributed by atoms with Crippen molar-refractivity contribution in [2.24, 2.45) is 0 Å². The number of hydrogen-bond donors (Lipinski definition) is 1. The minimum Gasteiger partial charge on any atom is -0.399 e. The van der Waals surface area contributed by atoms with Gasteiger partial charge in [-0.15, -0.1) is 0 Å². The zero-order chi connectivity index (χ0) is 13.8. The van der Waals surface area contributed by atoms with Crippen LogP contribution >= 0.6 is 0 Å². The fraction of sp³-hybridized carbons (Fsp3) is 0.462. The van der Waals surface area contributed by atoms with Crippen LogP contribution in [0, 0.1) is 0 Å². The van der Waals surface area contributed by atoms with E-state index in [9.17, 15) is 0 Å². The van der Waals surface area contributed by atoms with Gasteiger partial charge in [0.1, 0.15) is 0 Å². The van der Waals surface area contributed by atoms with E-state index in [1.165, 1.54) is 0 Å². The van der Waals surface area contributed by atoms with E-state index in [0.29, 0.717) is 11.4 Å². The second kappa shape index (κ2) is 3.74. The Morgan fingerprint density at radius 1 is 1.11 bits per heavy atom. The number of rotatable bonds is 1. The van der Waals surface area contributed by atoms with Crippen LogP contribution in [0.5, 0.6) is 0 Å². The SMILES string of the molecule is CC1(C)OB(c2ccc3onc(N)c3c2)OC1(C)C. The summed E-state index contributed by atoms with van der Waals surface area (Å²) in [6.45, 7) is 8.11. The maximum atomic E-state index is 6.00. The maximum Gasteiger partial charge on any atom is 0.494 e. The molecule has 1 fully saturated rings. The molecule has 0 spiro atoms. The number of aromatic nitrogens is 1. The molecule has 100 valence electrons. The molecule has 2 heterocycles. The number of nitrogens with zero attached hydrogens (tertiary/aromatic N) is 1. The second-order valence-corrected chi connectivity index (χ2v) is 5.91. The number of fused-ring (bicyclic) bond motifs is 1. The van der Waals surface area contributed by atoms with E-state index in [1.54, 1.807) is 0 Å². The highest BCUT2D eigenvalue weighted by Crippen LogP contribution is 2.36. The van der Waals surface area contributed by atoms with E-state index >= 15 is 0 Å². The molecule has 0 aliphatic carbocycles. The molecule has 6 heteroatoms. The standard InChI is InChI=1S/C13H17BN2O3/c1-12(2)13(3,4)19-14(18-12)8-5-6-10-9(7-8)11(15)16-17-10/h5-7H,1-4H3,(H2,15,16). The van der Waals surface area contributed by atoms with Gasteiger partial charge in [-0.25, -0.2) is 0 Å². The van der Waals surface area contributed by atoms with E-state index < -0.39 is 7.12 Å². The number of nitrogens with two attached hydrogens (primary N) is 1. The van der Waals surface area contributed by atoms with Gasteiger partial charge >= 0.3 is 7.12 Å². The smallest absolute Gasteiger partial charge is 0.399 e. The van der Waals surface area contributed by atoms with Crippen molar-refractivity contribution >= 4 is 29.4 Å². The summed E-state index contributed by atoms with van der Waals surface area (Å²) in [6.07, 6.45) is 0. The predicted octanol–water partition coefficient (Wildman–Crippen LogP) is 1.71. The molecule has 2 aromatic rings. The molecule has 1 aromatic carbocycles. The quantitative estimate of drug-likeness (QED) is 0.790. The van der Waals surface area contributed by atoms with E-state index in [2.05, 4.69) is 5.16 Å². The Morgan fingerprint density at radius 2 is 1.74 bits per heavy atom. The largest absolute Gasteiger partial charge is 0.494 e. The Hall–Kier alpha value is -1.53. The Balaban J connectivity index is 2.00. The number of benzene rings is 1. The first-order valence-corrected chi connectivity index (χ1v) is 6.31. The van der Waals surface area contributed by atoms with Crippen LogP contribution in [0.3, 0.4) is 0 Å². The molecule has 1 aliphatic rings. The minimum atomic E-state index is -0.399. The normalized spacial score (nSPS) is 21.2. The molecule has 1 aromatic heterocycles. The highest BCUT2D eigenvalue weighted by molar-refractivity contribution is 6.62. The minimum absolute atomic E-state index is 0.354. The first-order chi connectivity index (χ1) is 8.80. The predicted molar refractivity (Wildman–Crippen MR) is 74.1 cm³/mol. The van der Waals surface area contributed by atoms with Crippen molar-refractivity contribution < 1.29 is 13.8 Å². The van der Waals surface area contributed by atoms with Crippen molar-refractivity contribution in [1.82, 2.24) is 5.16 Å². The first kappa shape index (κ1) is 12.5. The lowest BCUT2D eigenvalue weighted by atomic mass is 9.79. The Bertz CT molecular complexity index is 620. The molecule has 1 aliphatic heterocycles. The first-order valence-electron chi connectivity index (χ1n) is 6.31. The third-order valence-corrected chi connectivity index (χ3v) is 4.05. The van der Waals surface area contributed by atoms with Gasteiger partial charge in [-0.3, -0.25) is 0 Å². The fourth-order valence-electron chi connectivity index (χ4n) is 2.10. The van der Waals surface area contributed by atoms with Gasteiger partial charge in [-0.2, -0.15) is 0 Å². The van der Waals surface area contributed by atoms with Gasteiger partial charge < -0.3 is 19.6 Å². The van der Waals surface area contributed by atoms with Crippen LogP contribution in [0.1, 0.15) is 27.7 Å². The maximum absolute atomic E-state index is 6.00. The van der Waals surface area contributed by atoms with Crippen LogP contribution in [-0.4, -0.2) is 23.5 Å². The lowest BCUT2D eigenvalue weighted by molar-refractivity contribution is 0.00578. The summed E-state index contributed by atoms with van der Waals surface area (Å²) in [6, 6.07) is 5.65. The number of hydrogen-bond acceptors (Lipinski definition) is 5. The molecule has 19 heavy (non-hydrogen) atoms. The third kappa shape index (κ3) is 1.83. The van der Waals surface area contributed by atoms with Crippen LogP contribution in [0.25, 0.3) is 11.0 Å². The van der Waals surface area contributed by atoms with Crippen LogP contribution in [-0.2, 0) is 9.31 Å². The Morgan fingerprint density at radius 3 is 2.37 bits per heavy atom. The molecular weight excluding hydrogens is 243 g/mol. The van der Waals surface area contributed by atoms with E-state index in [1.807, 2.05) is 45.9 Å². The second-order valence-electron chi connectivity index (χ2n) is 5.91. The van der Waals surface area contributed by atoms with Crippen molar-refractivity contribution in [2.75, 3.05) is 5.73 Å². The summed E-state index contributed by atoms with van der Waals surface area (Å²) in [7, 11) is -0.399. The van der Waals surface area contributed by atoms with Crippen molar-refractivity contribution in [3.05, 3.63) is 18.2 Å². The summed E-state index contributed by atoms with van der Waals surface area (Å²) >= 11 is 0. The van der Waals surface area contributed by atoms with Gasteiger partial charge in [-0.1, -0.05) is 11.2 Å². The van der Waals surface area contributed by atoms with Gasteiger partial charge in [0, 0.05) is 0 Å². The third-order valence-electron chi connectivity index (χ3n) is 4.05. The average molecular weight is 260 g/mol. The van der Waals surface area contributed by atoms with Crippen LogP contribution in [0.15, 0.2) is 22.7 Å². The molecule has 0 amide bonds. The van der Waals surface area contributed by atoms with Crippen molar-refractivity contribution in [1.29, 1.82) is 0 Å². The van der Waals surface area contributed by atoms with E-state index in [4.69, 9.17) is 19.6 Å². The lowest BCUT2D eigenvalue weighted by Crippen LogP contribution is -2.41. The number of nitrogen functional groups attached to an aromatic ring is 1. The molecule has 0 radical (unpaired) electrons. The highest BCUT2D eigenvalue weighted by Gasteiger charge is 2.51. The monoisotopic (exact) mass is 260 g/mol. The van der Waals surface area contributed by atoms with Gasteiger partial charge in [0.05, 0.1) is 16.6 Å². The van der Waals surface area contributed by atoms with Crippen molar-refractivity contribution in [3.63, 3.8) is 0 Å². The van der Waals surface area contributed by atoms with Crippen molar-refractivity contribution in [2.45, 2.75) is 38.9 Å². The topological polar surface area (TPSA) is 70.5 Å². The van der Waals surface area contributed by atoms with Crippen LogP contribution in [0.4, 0.5) is 5.82 Å². The Kier molecular flexibility index (Phi) is 2.46. The molecule has 2 N–H and O–H groups in total. The van der Waals surface area contributed by atoms with Gasteiger partial charge in [-0.05, 0) is 45.3 Å². The summed E-state index contributed by atoms with van der Waals surface area (Å²) < 4.78 is 17.1. The molecule has 0 atom stereocenters. The highest BCUT2D eigenvalue weighted by atomic mass is 16.7. The molecule has 0 saturated carbocycles. The molecular formula is C13H17BN2O3. The molecule has 1 saturated heterocycles. The molecule has 5 nitrogen and oxygen atoms in total. The van der Waals surface area contributed by atoms with Gasteiger partial charge in [0.25, 0.3) is 0 Å². The summed E-state index contributed by atoms with van der Waals surface area (Å²) in [5.41, 5.74) is 6.64. The van der Waals surface area contributed by atoms with E-state index in [0.717, 1.165) is 10.8 Å². The zero-order valence-electron chi connectivity index (χ0n) is 11.6. The number of anilines is 1. The van der Waals surface area contributed by atoms with Crippen LogP contribution < -0.4 is 11.2 Å². The van der Waals surface area contributed by atoms with Gasteiger partial charge in [0.2, 0.25) is 0 Å². The summed E-state index contributed by atoms with van der Waals surface area (Å²) in [5.74, 6) is 0.383. The molecule has 0 unspecified atom stereocenters. The zero-order valence-corrected chi connectivity index (χ0v) is 11.6. The fourth-order valence-corrected chi connectivity index (χ4v) is 2.10. The van der Waals surface area contributed by atoms with Crippen LogP contribution in [0.2, 0.25) is 0 Å². The molecule has 3 rings (SSSR count). The summed E-state index contributed by atoms with van der Waals surface area (Å²) in [5, 5.41) is 4.53. The average Bonchev–Trinajstić information content (AvgIpc) is 2.78. The molecule has 0 bridgehead atoms. The van der Waals surface area contributed by atoms with Gasteiger partial charge in [0.15, 0.2) is 11.4 Å². The van der Waals surface area contributed by atoms with E-state index in [-0.39, 0.29) is 11.2 Å². The van der Waals surface area contributed by atoms with Crippen molar-refractivity contribution in [3.8, 4) is 0 Å². The summed E-state index contributed by atoms with van der Waals surface area (Å²) in [4.78, 5) is 0.